The van der Waals surface area contributed by atoms with Crippen molar-refractivity contribution in [1.29, 1.82) is 0 Å². The summed E-state index contributed by atoms with van der Waals surface area (Å²) in [7, 11) is 4.44. The number of methoxy groups -OCH3 is 3. The molecule has 0 aliphatic heterocycles. The van der Waals surface area contributed by atoms with Crippen LogP contribution < -0.4 is 24.4 Å². The minimum atomic E-state index is -1.19. The van der Waals surface area contributed by atoms with Crippen LogP contribution in [0.1, 0.15) is 65.1 Å². The monoisotopic (exact) mass is 520 g/mol. The van der Waals surface area contributed by atoms with Crippen molar-refractivity contribution >= 4 is 23.3 Å². The number of amides is 2. The third kappa shape index (κ3) is 5.37. The van der Waals surface area contributed by atoms with Crippen LogP contribution in [-0.2, 0) is 4.79 Å². The number of ketones is 1. The van der Waals surface area contributed by atoms with Crippen molar-refractivity contribution in [1.82, 2.24) is 5.32 Å². The fourth-order valence-electron chi connectivity index (χ4n) is 4.89. The maximum atomic E-state index is 14.1. The molecular weight excluding hydrogens is 488 g/mol. The molecule has 0 bridgehead atoms. The molecule has 1 aromatic heterocycles. The lowest BCUT2D eigenvalue weighted by Crippen LogP contribution is -2.46. The van der Waals surface area contributed by atoms with Gasteiger partial charge in [-0.05, 0) is 61.7 Å². The van der Waals surface area contributed by atoms with E-state index in [1.807, 2.05) is 0 Å². The van der Waals surface area contributed by atoms with Crippen LogP contribution in [0.2, 0.25) is 0 Å². The Hall–Kier alpha value is -4.27. The van der Waals surface area contributed by atoms with Crippen molar-refractivity contribution in [2.24, 2.45) is 0 Å². The zero-order chi connectivity index (χ0) is 27.2. The van der Waals surface area contributed by atoms with Gasteiger partial charge in [0.1, 0.15) is 6.04 Å². The molecule has 0 radical (unpaired) electrons. The van der Waals surface area contributed by atoms with Gasteiger partial charge in [0.2, 0.25) is 11.7 Å². The molecule has 0 spiro atoms. The van der Waals surface area contributed by atoms with Gasteiger partial charge in [-0.25, -0.2) is 0 Å². The second kappa shape index (κ2) is 11.9. The minimum Gasteiger partial charge on any atom is -0.493 e. The van der Waals surface area contributed by atoms with E-state index in [2.05, 4.69) is 5.32 Å². The first kappa shape index (κ1) is 26.8. The summed E-state index contributed by atoms with van der Waals surface area (Å²) in [5.41, 5.74) is 0.980. The van der Waals surface area contributed by atoms with E-state index in [1.165, 1.54) is 45.5 Å². The van der Waals surface area contributed by atoms with Crippen molar-refractivity contribution in [2.75, 3.05) is 26.2 Å². The average Bonchev–Trinajstić information content (AvgIpc) is 3.65. The molecule has 1 aliphatic carbocycles. The van der Waals surface area contributed by atoms with E-state index in [1.54, 1.807) is 42.5 Å². The first-order valence-corrected chi connectivity index (χ1v) is 12.5. The maximum Gasteiger partial charge on any atom is 0.294 e. The third-order valence-electron chi connectivity index (χ3n) is 6.70. The highest BCUT2D eigenvalue weighted by atomic mass is 16.5. The molecule has 2 aromatic carbocycles. The Balaban J connectivity index is 1.96. The van der Waals surface area contributed by atoms with E-state index < -0.39 is 17.9 Å². The van der Waals surface area contributed by atoms with Crippen LogP contribution >= 0.6 is 0 Å². The highest BCUT2D eigenvalue weighted by Crippen LogP contribution is 2.42. The van der Waals surface area contributed by atoms with Crippen LogP contribution in [0.4, 0.5) is 5.69 Å². The van der Waals surface area contributed by atoms with Crippen molar-refractivity contribution in [3.05, 3.63) is 71.7 Å². The predicted octanol–water partition coefficient (Wildman–Crippen LogP) is 4.95. The normalized spacial score (nSPS) is 14.0. The molecule has 1 N–H and O–H groups in total. The van der Waals surface area contributed by atoms with Gasteiger partial charge in [0, 0.05) is 11.6 Å². The zero-order valence-corrected chi connectivity index (χ0v) is 22.0. The number of hydrogen-bond donors (Lipinski definition) is 1. The van der Waals surface area contributed by atoms with Gasteiger partial charge < -0.3 is 23.9 Å². The molecule has 9 nitrogen and oxygen atoms in total. The number of nitrogens with zero attached hydrogens (tertiary/aromatic N) is 1. The first-order valence-electron chi connectivity index (χ1n) is 12.5. The standard InChI is InChI=1S/C29H32N2O7/c1-18(32)21-12-7-8-13-22(21)31(29(34)23-14-9-15-38-23)26(28(33)30-20-10-5-6-11-20)19-16-24(35-2)27(37-4)25(17-19)36-3/h7-9,12-17,20,26H,5-6,10-11H2,1-4H3,(H,30,33)/t26-/m1/s1. The van der Waals surface area contributed by atoms with Crippen molar-refractivity contribution in [3.63, 3.8) is 0 Å². The number of carbonyl (C=O) groups excluding carboxylic acids is 3. The average molecular weight is 521 g/mol. The molecule has 1 fully saturated rings. The van der Waals surface area contributed by atoms with E-state index in [4.69, 9.17) is 18.6 Å². The number of nitrogens with one attached hydrogen (secondary N) is 1. The van der Waals surface area contributed by atoms with Crippen LogP contribution in [0, 0.1) is 0 Å². The summed E-state index contributed by atoms with van der Waals surface area (Å²) in [6.45, 7) is 1.42. The molecule has 0 unspecified atom stereocenters. The van der Waals surface area contributed by atoms with Crippen molar-refractivity contribution in [3.8, 4) is 17.2 Å². The van der Waals surface area contributed by atoms with Gasteiger partial charge in [-0.15, -0.1) is 0 Å². The number of furan rings is 1. The zero-order valence-electron chi connectivity index (χ0n) is 22.0. The van der Waals surface area contributed by atoms with Crippen LogP contribution in [0.15, 0.2) is 59.2 Å². The topological polar surface area (TPSA) is 107 Å². The molecule has 1 atom stereocenters. The summed E-state index contributed by atoms with van der Waals surface area (Å²) in [4.78, 5) is 42.1. The number of anilines is 1. The van der Waals surface area contributed by atoms with Gasteiger partial charge in [-0.3, -0.25) is 19.3 Å². The summed E-state index contributed by atoms with van der Waals surface area (Å²) in [5, 5.41) is 3.12. The number of ether oxygens (including phenoxy) is 3. The quantitative estimate of drug-likeness (QED) is 0.377. The van der Waals surface area contributed by atoms with E-state index in [0.717, 1.165) is 25.7 Å². The van der Waals surface area contributed by atoms with E-state index in [9.17, 15) is 14.4 Å². The Labute approximate surface area is 221 Å². The van der Waals surface area contributed by atoms with Gasteiger partial charge in [-0.2, -0.15) is 0 Å². The molecule has 0 saturated heterocycles. The van der Waals surface area contributed by atoms with Gasteiger partial charge in [0.05, 0.1) is 33.3 Å². The molecule has 4 rings (SSSR count). The number of carbonyl (C=O) groups is 3. The van der Waals surface area contributed by atoms with E-state index in [0.29, 0.717) is 28.4 Å². The predicted molar refractivity (Wildman–Crippen MR) is 141 cm³/mol. The maximum absolute atomic E-state index is 14.1. The highest BCUT2D eigenvalue weighted by Gasteiger charge is 2.38. The molecule has 38 heavy (non-hydrogen) atoms. The first-order chi connectivity index (χ1) is 18.4. The lowest BCUT2D eigenvalue weighted by atomic mass is 9.98. The summed E-state index contributed by atoms with van der Waals surface area (Å²) in [6.07, 6.45) is 5.12. The van der Waals surface area contributed by atoms with Crippen LogP contribution in [0.3, 0.4) is 0 Å². The van der Waals surface area contributed by atoms with Crippen molar-refractivity contribution in [2.45, 2.75) is 44.7 Å². The molecule has 9 heteroatoms. The second-order valence-corrected chi connectivity index (χ2v) is 9.08. The summed E-state index contributed by atoms with van der Waals surface area (Å²) in [5.74, 6) is -0.209. The lowest BCUT2D eigenvalue weighted by molar-refractivity contribution is -0.123. The van der Waals surface area contributed by atoms with Crippen molar-refractivity contribution < 1.29 is 33.0 Å². The Kier molecular flexibility index (Phi) is 8.35. The number of hydrogen-bond acceptors (Lipinski definition) is 7. The van der Waals surface area contributed by atoms with E-state index >= 15 is 0 Å². The largest absolute Gasteiger partial charge is 0.493 e. The molecule has 2 amide bonds. The molecular formula is C29H32N2O7. The third-order valence-corrected chi connectivity index (χ3v) is 6.70. The van der Waals surface area contributed by atoms with Crippen LogP contribution in [-0.4, -0.2) is 45.0 Å². The molecule has 1 aliphatic rings. The molecule has 1 saturated carbocycles. The fourth-order valence-corrected chi connectivity index (χ4v) is 4.89. The fraction of sp³-hybridized carbons (Fsp3) is 0.345. The number of benzene rings is 2. The summed E-state index contributed by atoms with van der Waals surface area (Å²) < 4.78 is 22.0. The molecule has 3 aromatic rings. The SMILES string of the molecule is COc1cc([C@H](C(=O)NC2CCCC2)N(C(=O)c2ccco2)c2ccccc2C(C)=O)cc(OC)c1OC. The van der Waals surface area contributed by atoms with Gasteiger partial charge in [0.25, 0.3) is 5.91 Å². The summed E-state index contributed by atoms with van der Waals surface area (Å²) >= 11 is 0. The smallest absolute Gasteiger partial charge is 0.294 e. The van der Waals surface area contributed by atoms with Crippen LogP contribution in [0.25, 0.3) is 0 Å². The molecule has 1 heterocycles. The second-order valence-electron chi connectivity index (χ2n) is 9.08. The van der Waals surface area contributed by atoms with E-state index in [-0.39, 0.29) is 23.3 Å². The Morgan fingerprint density at radius 1 is 0.947 bits per heavy atom. The Morgan fingerprint density at radius 2 is 1.61 bits per heavy atom. The van der Waals surface area contributed by atoms with Crippen LogP contribution in [0.5, 0.6) is 17.2 Å². The van der Waals surface area contributed by atoms with Gasteiger partial charge >= 0.3 is 0 Å². The minimum absolute atomic E-state index is 0.0179. The lowest BCUT2D eigenvalue weighted by Gasteiger charge is -2.33. The highest BCUT2D eigenvalue weighted by molar-refractivity contribution is 6.12. The number of para-hydroxylation sites is 1. The Morgan fingerprint density at radius 3 is 2.16 bits per heavy atom. The Bertz CT molecular complexity index is 1270. The van der Waals surface area contributed by atoms with Gasteiger partial charge in [-0.1, -0.05) is 25.0 Å². The summed E-state index contributed by atoms with van der Waals surface area (Å²) in [6, 6.07) is 11.9. The molecule has 200 valence electrons. The number of Topliss-reactive ketones (excluding diaryl/α,β-unsaturated/α-hetero) is 1. The van der Waals surface area contributed by atoms with Gasteiger partial charge in [0.15, 0.2) is 23.0 Å². The number of rotatable bonds is 10.